The van der Waals surface area contributed by atoms with E-state index in [4.69, 9.17) is 9.15 Å². The minimum atomic E-state index is -0.0312. The SMILES string of the molecule is CCOc1ccccc1NC(=O)C1CCN(c2ccc(-c3ccco3)nn2)CC1. The van der Waals surface area contributed by atoms with Gasteiger partial charge in [0.25, 0.3) is 0 Å². The Morgan fingerprint density at radius 2 is 1.97 bits per heavy atom. The fourth-order valence-electron chi connectivity index (χ4n) is 3.51. The van der Waals surface area contributed by atoms with Crippen LogP contribution in [0.4, 0.5) is 11.5 Å². The van der Waals surface area contributed by atoms with Crippen molar-refractivity contribution in [2.75, 3.05) is 29.9 Å². The van der Waals surface area contributed by atoms with Crippen LogP contribution in [0.5, 0.6) is 5.75 Å². The smallest absolute Gasteiger partial charge is 0.227 e. The van der Waals surface area contributed by atoms with Gasteiger partial charge >= 0.3 is 0 Å². The lowest BCUT2D eigenvalue weighted by Gasteiger charge is -2.31. The molecule has 29 heavy (non-hydrogen) atoms. The number of para-hydroxylation sites is 2. The summed E-state index contributed by atoms with van der Waals surface area (Å²) >= 11 is 0. The Hall–Kier alpha value is -3.35. The van der Waals surface area contributed by atoms with Gasteiger partial charge in [0.2, 0.25) is 5.91 Å². The van der Waals surface area contributed by atoms with Gasteiger partial charge in [-0.1, -0.05) is 12.1 Å². The maximum atomic E-state index is 12.7. The van der Waals surface area contributed by atoms with E-state index in [9.17, 15) is 4.79 Å². The monoisotopic (exact) mass is 392 g/mol. The van der Waals surface area contributed by atoms with Crippen molar-refractivity contribution >= 4 is 17.4 Å². The molecule has 0 atom stereocenters. The Morgan fingerprint density at radius 3 is 2.66 bits per heavy atom. The van der Waals surface area contributed by atoms with Crippen molar-refractivity contribution in [1.29, 1.82) is 0 Å². The predicted molar refractivity (Wildman–Crippen MR) is 111 cm³/mol. The molecule has 1 saturated heterocycles. The van der Waals surface area contributed by atoms with Crippen LogP contribution in [0.15, 0.2) is 59.2 Å². The Morgan fingerprint density at radius 1 is 1.14 bits per heavy atom. The van der Waals surface area contributed by atoms with Crippen molar-refractivity contribution in [3.63, 3.8) is 0 Å². The molecule has 0 bridgehead atoms. The second kappa shape index (κ2) is 8.77. The second-order valence-corrected chi connectivity index (χ2v) is 6.93. The van der Waals surface area contributed by atoms with E-state index in [-0.39, 0.29) is 11.8 Å². The number of furan rings is 1. The highest BCUT2D eigenvalue weighted by molar-refractivity contribution is 5.94. The molecule has 1 amide bonds. The molecule has 0 spiro atoms. The third-order valence-electron chi connectivity index (χ3n) is 5.06. The molecular formula is C22H24N4O3. The first-order chi connectivity index (χ1) is 14.2. The molecule has 3 aromatic rings. The Bertz CT molecular complexity index is 933. The summed E-state index contributed by atoms with van der Waals surface area (Å²) in [4.78, 5) is 14.9. The molecule has 4 rings (SSSR count). The van der Waals surface area contributed by atoms with E-state index in [2.05, 4.69) is 20.4 Å². The van der Waals surface area contributed by atoms with Crippen molar-refractivity contribution in [2.45, 2.75) is 19.8 Å². The van der Waals surface area contributed by atoms with Crippen LogP contribution in [0.2, 0.25) is 0 Å². The minimum Gasteiger partial charge on any atom is -0.492 e. The van der Waals surface area contributed by atoms with E-state index < -0.39 is 0 Å². The number of hydrogen-bond donors (Lipinski definition) is 1. The zero-order valence-corrected chi connectivity index (χ0v) is 16.4. The largest absolute Gasteiger partial charge is 0.492 e. The molecule has 7 nitrogen and oxygen atoms in total. The highest BCUT2D eigenvalue weighted by atomic mass is 16.5. The lowest BCUT2D eigenvalue weighted by Crippen LogP contribution is -2.38. The van der Waals surface area contributed by atoms with Crippen molar-refractivity contribution in [2.24, 2.45) is 5.92 Å². The quantitative estimate of drug-likeness (QED) is 0.683. The molecule has 3 heterocycles. The maximum Gasteiger partial charge on any atom is 0.227 e. The van der Waals surface area contributed by atoms with Gasteiger partial charge in [-0.2, -0.15) is 0 Å². The Kier molecular flexibility index (Phi) is 5.74. The number of nitrogens with zero attached hydrogens (tertiary/aromatic N) is 3. The number of aromatic nitrogens is 2. The van der Waals surface area contributed by atoms with Crippen LogP contribution in [0.1, 0.15) is 19.8 Å². The zero-order valence-electron chi connectivity index (χ0n) is 16.4. The van der Waals surface area contributed by atoms with Crippen LogP contribution in [-0.2, 0) is 4.79 Å². The van der Waals surface area contributed by atoms with Gasteiger partial charge in [0.15, 0.2) is 11.6 Å². The number of carbonyl (C=O) groups excluding carboxylic acids is 1. The first-order valence-corrected chi connectivity index (χ1v) is 9.90. The van der Waals surface area contributed by atoms with Gasteiger partial charge in [-0.25, -0.2) is 0 Å². The second-order valence-electron chi connectivity index (χ2n) is 6.93. The lowest BCUT2D eigenvalue weighted by molar-refractivity contribution is -0.120. The third-order valence-corrected chi connectivity index (χ3v) is 5.06. The summed E-state index contributed by atoms with van der Waals surface area (Å²) in [5.41, 5.74) is 1.43. The lowest BCUT2D eigenvalue weighted by atomic mass is 9.95. The number of amides is 1. The van der Waals surface area contributed by atoms with Gasteiger partial charge < -0.3 is 19.4 Å². The zero-order chi connectivity index (χ0) is 20.1. The molecule has 7 heteroatoms. The van der Waals surface area contributed by atoms with E-state index in [1.807, 2.05) is 55.5 Å². The van der Waals surface area contributed by atoms with Crippen LogP contribution >= 0.6 is 0 Å². The van der Waals surface area contributed by atoms with Crippen LogP contribution in [0, 0.1) is 5.92 Å². The summed E-state index contributed by atoms with van der Waals surface area (Å²) in [5, 5.41) is 11.6. The van der Waals surface area contributed by atoms with E-state index in [0.717, 1.165) is 37.4 Å². The molecule has 2 aromatic heterocycles. The number of nitrogens with one attached hydrogen (secondary N) is 1. The summed E-state index contributed by atoms with van der Waals surface area (Å²) < 4.78 is 10.9. The number of piperidine rings is 1. The standard InChI is InChI=1S/C22H24N4O3/c1-2-28-19-7-4-3-6-17(19)23-22(27)16-11-13-26(14-12-16)21-10-9-18(24-25-21)20-8-5-15-29-20/h3-10,15-16H,2,11-14H2,1H3,(H,23,27). The molecule has 0 unspecified atom stereocenters. The van der Waals surface area contributed by atoms with Crippen molar-refractivity contribution in [3.8, 4) is 17.2 Å². The molecule has 1 aliphatic heterocycles. The average Bonchev–Trinajstić information content (AvgIpc) is 3.30. The molecule has 0 saturated carbocycles. The number of hydrogen-bond acceptors (Lipinski definition) is 6. The van der Waals surface area contributed by atoms with Crippen molar-refractivity contribution < 1.29 is 13.9 Å². The number of carbonyl (C=O) groups is 1. The van der Waals surface area contributed by atoms with Crippen LogP contribution in [0.25, 0.3) is 11.5 Å². The van der Waals surface area contributed by atoms with Crippen LogP contribution in [0.3, 0.4) is 0 Å². The van der Waals surface area contributed by atoms with Gasteiger partial charge in [0.05, 0.1) is 18.6 Å². The van der Waals surface area contributed by atoms with Crippen molar-refractivity contribution in [1.82, 2.24) is 10.2 Å². The highest BCUT2D eigenvalue weighted by Crippen LogP contribution is 2.27. The van der Waals surface area contributed by atoms with E-state index >= 15 is 0 Å². The topological polar surface area (TPSA) is 80.5 Å². The summed E-state index contributed by atoms with van der Waals surface area (Å²) in [5.74, 6) is 2.23. The van der Waals surface area contributed by atoms with Crippen LogP contribution in [-0.4, -0.2) is 35.8 Å². The first kappa shape index (κ1) is 19.0. The Balaban J connectivity index is 1.34. The molecule has 1 fully saturated rings. The fourth-order valence-corrected chi connectivity index (χ4v) is 3.51. The fraction of sp³-hybridized carbons (Fsp3) is 0.318. The van der Waals surface area contributed by atoms with Crippen molar-refractivity contribution in [3.05, 3.63) is 54.8 Å². The molecule has 0 radical (unpaired) electrons. The van der Waals surface area contributed by atoms with E-state index in [0.29, 0.717) is 23.8 Å². The normalized spacial score (nSPS) is 14.6. The third kappa shape index (κ3) is 4.39. The summed E-state index contributed by atoms with van der Waals surface area (Å²) in [6.07, 6.45) is 3.15. The van der Waals surface area contributed by atoms with Crippen LogP contribution < -0.4 is 15.0 Å². The molecule has 1 aromatic carbocycles. The summed E-state index contributed by atoms with van der Waals surface area (Å²) in [7, 11) is 0. The molecule has 1 aliphatic rings. The minimum absolute atomic E-state index is 0.0312. The highest BCUT2D eigenvalue weighted by Gasteiger charge is 2.26. The number of ether oxygens (including phenoxy) is 1. The number of anilines is 2. The first-order valence-electron chi connectivity index (χ1n) is 9.90. The average molecular weight is 392 g/mol. The summed E-state index contributed by atoms with van der Waals surface area (Å²) in [6.45, 7) is 4.02. The van der Waals surface area contributed by atoms with Gasteiger partial charge in [-0.15, -0.1) is 10.2 Å². The molecule has 150 valence electrons. The molecule has 1 N–H and O–H groups in total. The van der Waals surface area contributed by atoms with Gasteiger partial charge in [0, 0.05) is 19.0 Å². The number of rotatable bonds is 6. The molecule has 0 aliphatic carbocycles. The summed E-state index contributed by atoms with van der Waals surface area (Å²) in [6, 6.07) is 15.1. The molecular weight excluding hydrogens is 368 g/mol. The number of benzene rings is 1. The Labute approximate surface area is 169 Å². The van der Waals surface area contributed by atoms with Gasteiger partial charge in [-0.3, -0.25) is 4.79 Å². The van der Waals surface area contributed by atoms with E-state index in [1.54, 1.807) is 6.26 Å². The van der Waals surface area contributed by atoms with Gasteiger partial charge in [-0.05, 0) is 56.2 Å². The van der Waals surface area contributed by atoms with Gasteiger partial charge in [0.1, 0.15) is 11.4 Å². The maximum absolute atomic E-state index is 12.7. The predicted octanol–water partition coefficient (Wildman–Crippen LogP) is 3.99. The van der Waals surface area contributed by atoms with E-state index in [1.165, 1.54) is 0 Å².